The van der Waals surface area contributed by atoms with E-state index in [1.807, 2.05) is 13.0 Å². The van der Waals surface area contributed by atoms with Gasteiger partial charge in [-0.2, -0.15) is 0 Å². The number of unbranched alkanes of at least 4 members (excludes halogenated alkanes) is 1. The molecule has 28 heavy (non-hydrogen) atoms. The molecular formula is C20H23BN2O5. The molecule has 1 aliphatic rings. The fourth-order valence-electron chi connectivity index (χ4n) is 3.04. The smallest absolute Gasteiger partial charge is 0.534 e. The molecule has 146 valence electrons. The highest BCUT2D eigenvalue weighted by atomic mass is 16.5. The Balaban J connectivity index is 1.66. The second-order valence-corrected chi connectivity index (χ2v) is 6.70. The SMILES string of the molecule is CCCCOC(=O)c1cccc2c1OB(O)[C@@H](NC(=O)Cc1ccncc1)C2. The van der Waals surface area contributed by atoms with E-state index in [1.54, 1.807) is 36.7 Å². The van der Waals surface area contributed by atoms with Crippen molar-refractivity contribution >= 4 is 19.0 Å². The predicted octanol–water partition coefficient (Wildman–Crippen LogP) is 1.72. The molecule has 0 spiro atoms. The zero-order valence-electron chi connectivity index (χ0n) is 15.8. The van der Waals surface area contributed by atoms with Crippen molar-refractivity contribution in [2.24, 2.45) is 0 Å². The third-order valence-electron chi connectivity index (χ3n) is 4.53. The molecule has 2 N–H and O–H groups in total. The molecule has 3 rings (SSSR count). The molecule has 0 saturated carbocycles. The molecule has 0 saturated heterocycles. The molecule has 0 radical (unpaired) electrons. The lowest BCUT2D eigenvalue weighted by Gasteiger charge is -2.29. The van der Waals surface area contributed by atoms with Gasteiger partial charge in [-0.15, -0.1) is 0 Å². The number of esters is 1. The minimum absolute atomic E-state index is 0.183. The van der Waals surface area contributed by atoms with Gasteiger partial charge in [-0.25, -0.2) is 4.79 Å². The number of benzene rings is 1. The van der Waals surface area contributed by atoms with Gasteiger partial charge in [0.1, 0.15) is 11.3 Å². The fraction of sp³-hybridized carbons (Fsp3) is 0.350. The largest absolute Gasteiger partial charge is 0.547 e. The van der Waals surface area contributed by atoms with Crippen molar-refractivity contribution in [1.29, 1.82) is 0 Å². The number of nitrogens with zero attached hydrogens (tertiary/aromatic N) is 1. The molecule has 0 bridgehead atoms. The van der Waals surface area contributed by atoms with Gasteiger partial charge in [0, 0.05) is 12.4 Å². The minimum Gasteiger partial charge on any atom is -0.534 e. The topological polar surface area (TPSA) is 97.8 Å². The average molecular weight is 382 g/mol. The van der Waals surface area contributed by atoms with Crippen LogP contribution in [0.1, 0.15) is 41.3 Å². The van der Waals surface area contributed by atoms with Crippen LogP contribution in [0.25, 0.3) is 0 Å². The van der Waals surface area contributed by atoms with Crippen LogP contribution in [0.15, 0.2) is 42.7 Å². The predicted molar refractivity (Wildman–Crippen MR) is 104 cm³/mol. The summed E-state index contributed by atoms with van der Waals surface area (Å²) in [6, 6.07) is 8.69. The van der Waals surface area contributed by atoms with Crippen molar-refractivity contribution in [3.05, 3.63) is 59.4 Å². The third kappa shape index (κ3) is 4.89. The van der Waals surface area contributed by atoms with Crippen LogP contribution in [0.4, 0.5) is 0 Å². The van der Waals surface area contributed by atoms with Crippen LogP contribution in [0.2, 0.25) is 0 Å². The number of carbonyl (C=O) groups excluding carboxylic acids is 2. The Morgan fingerprint density at radius 2 is 2.11 bits per heavy atom. The van der Waals surface area contributed by atoms with E-state index in [-0.39, 0.29) is 17.9 Å². The first-order chi connectivity index (χ1) is 13.6. The second-order valence-electron chi connectivity index (χ2n) is 6.70. The number of hydrogen-bond donors (Lipinski definition) is 2. The number of aromatic nitrogens is 1. The van der Waals surface area contributed by atoms with Crippen molar-refractivity contribution in [2.45, 2.75) is 38.5 Å². The lowest BCUT2D eigenvalue weighted by Crippen LogP contribution is -2.53. The van der Waals surface area contributed by atoms with Crippen LogP contribution < -0.4 is 9.97 Å². The number of rotatable bonds is 7. The van der Waals surface area contributed by atoms with Crippen LogP contribution in [-0.2, 0) is 22.4 Å². The second kappa shape index (κ2) is 9.37. The molecule has 7 nitrogen and oxygen atoms in total. The van der Waals surface area contributed by atoms with E-state index in [2.05, 4.69) is 10.3 Å². The average Bonchev–Trinajstić information content (AvgIpc) is 2.69. The van der Waals surface area contributed by atoms with Gasteiger partial charge in [-0.05, 0) is 42.2 Å². The van der Waals surface area contributed by atoms with Gasteiger partial charge in [0.25, 0.3) is 0 Å². The van der Waals surface area contributed by atoms with E-state index in [9.17, 15) is 14.6 Å². The molecule has 2 aromatic rings. The molecule has 2 heterocycles. The quantitative estimate of drug-likeness (QED) is 0.430. The van der Waals surface area contributed by atoms with Crippen LogP contribution in [-0.4, -0.2) is 41.6 Å². The standard InChI is InChI=1S/C20H23BN2O5/c1-2-3-11-27-20(25)16-6-4-5-15-13-17(21(26)28-19(15)16)23-18(24)12-14-7-9-22-10-8-14/h4-10,17,26H,2-3,11-13H2,1H3,(H,23,24)/t17-/m0/s1. The van der Waals surface area contributed by atoms with Gasteiger partial charge >= 0.3 is 13.1 Å². The van der Waals surface area contributed by atoms with E-state index in [0.717, 1.165) is 24.0 Å². The highest BCUT2D eigenvalue weighted by molar-refractivity contribution is 6.47. The van der Waals surface area contributed by atoms with Crippen molar-refractivity contribution < 1.29 is 24.0 Å². The van der Waals surface area contributed by atoms with Crippen molar-refractivity contribution in [3.63, 3.8) is 0 Å². The lowest BCUT2D eigenvalue weighted by atomic mass is 9.72. The summed E-state index contributed by atoms with van der Waals surface area (Å²) in [7, 11) is -1.25. The van der Waals surface area contributed by atoms with Crippen LogP contribution >= 0.6 is 0 Å². The summed E-state index contributed by atoms with van der Waals surface area (Å²) in [4.78, 5) is 28.5. The fourth-order valence-corrected chi connectivity index (χ4v) is 3.04. The number of hydrogen-bond acceptors (Lipinski definition) is 6. The molecule has 1 atom stereocenters. The van der Waals surface area contributed by atoms with Crippen molar-refractivity contribution in [3.8, 4) is 5.75 Å². The highest BCUT2D eigenvalue weighted by Gasteiger charge is 2.37. The number of para-hydroxylation sites is 1. The first-order valence-corrected chi connectivity index (χ1v) is 9.40. The summed E-state index contributed by atoms with van der Waals surface area (Å²) in [5, 5.41) is 13.2. The molecule has 8 heteroatoms. The lowest BCUT2D eigenvalue weighted by molar-refractivity contribution is -0.120. The molecular weight excluding hydrogens is 359 g/mol. The molecule has 1 amide bonds. The van der Waals surface area contributed by atoms with Crippen LogP contribution in [0.3, 0.4) is 0 Å². The Bertz CT molecular complexity index is 831. The summed E-state index contributed by atoms with van der Waals surface area (Å²) in [5.74, 6) is -0.987. The molecule has 1 aliphatic heterocycles. The van der Waals surface area contributed by atoms with Crippen molar-refractivity contribution in [1.82, 2.24) is 10.3 Å². The van der Waals surface area contributed by atoms with Gasteiger partial charge in [-0.1, -0.05) is 25.5 Å². The summed E-state index contributed by atoms with van der Waals surface area (Å²) < 4.78 is 10.8. The zero-order chi connectivity index (χ0) is 19.9. The molecule has 0 fully saturated rings. The van der Waals surface area contributed by atoms with Gasteiger partial charge in [-0.3, -0.25) is 9.78 Å². The third-order valence-corrected chi connectivity index (χ3v) is 4.53. The molecule has 1 aromatic carbocycles. The number of fused-ring (bicyclic) bond motifs is 1. The summed E-state index contributed by atoms with van der Waals surface area (Å²) in [6.07, 6.45) is 5.50. The molecule has 0 unspecified atom stereocenters. The number of nitrogens with one attached hydrogen (secondary N) is 1. The van der Waals surface area contributed by atoms with E-state index >= 15 is 0 Å². The summed E-state index contributed by atoms with van der Waals surface area (Å²) in [5.41, 5.74) is 1.86. The Labute approximate surface area is 164 Å². The Morgan fingerprint density at radius 3 is 2.86 bits per heavy atom. The Morgan fingerprint density at radius 1 is 1.32 bits per heavy atom. The normalized spacial score (nSPS) is 15.4. The molecule has 0 aliphatic carbocycles. The monoisotopic (exact) mass is 382 g/mol. The highest BCUT2D eigenvalue weighted by Crippen LogP contribution is 2.30. The van der Waals surface area contributed by atoms with Crippen LogP contribution in [0.5, 0.6) is 5.75 Å². The number of carbonyl (C=O) groups is 2. The van der Waals surface area contributed by atoms with Gasteiger partial charge in [0.05, 0.1) is 19.0 Å². The van der Waals surface area contributed by atoms with Crippen molar-refractivity contribution in [2.75, 3.05) is 6.61 Å². The van der Waals surface area contributed by atoms with E-state index in [1.165, 1.54) is 0 Å². The number of ether oxygens (including phenoxy) is 1. The first kappa shape index (κ1) is 19.9. The minimum atomic E-state index is -1.25. The summed E-state index contributed by atoms with van der Waals surface area (Å²) in [6.45, 7) is 2.36. The zero-order valence-corrected chi connectivity index (χ0v) is 15.8. The maximum Gasteiger partial charge on any atom is 0.547 e. The first-order valence-electron chi connectivity index (χ1n) is 9.40. The number of pyridine rings is 1. The maximum atomic E-state index is 12.3. The van der Waals surface area contributed by atoms with Gasteiger partial charge in [0.2, 0.25) is 5.91 Å². The van der Waals surface area contributed by atoms with Gasteiger partial charge in [0.15, 0.2) is 0 Å². The maximum absolute atomic E-state index is 12.3. The number of amides is 1. The van der Waals surface area contributed by atoms with E-state index in [0.29, 0.717) is 18.8 Å². The Kier molecular flexibility index (Phi) is 6.65. The Hall–Kier alpha value is -2.87. The van der Waals surface area contributed by atoms with Gasteiger partial charge < -0.3 is 19.7 Å². The molecule has 1 aromatic heterocycles. The van der Waals surface area contributed by atoms with E-state index < -0.39 is 19.0 Å². The van der Waals surface area contributed by atoms with Crippen LogP contribution in [0, 0.1) is 0 Å². The van der Waals surface area contributed by atoms with E-state index in [4.69, 9.17) is 9.39 Å². The summed E-state index contributed by atoms with van der Waals surface area (Å²) >= 11 is 0.